The highest BCUT2D eigenvalue weighted by molar-refractivity contribution is 9.10. The van der Waals surface area contributed by atoms with Crippen molar-refractivity contribution in [2.24, 2.45) is 5.41 Å². The molecule has 1 N–H and O–H groups in total. The van der Waals surface area contributed by atoms with Crippen LogP contribution in [0, 0.1) is 5.41 Å². The number of hydrogen-bond acceptors (Lipinski definition) is 2. The number of halogens is 2. The number of carbonyl (C=O) groups excluding carboxylic acids is 1. The van der Waals surface area contributed by atoms with Gasteiger partial charge in [-0.25, -0.2) is 0 Å². The highest BCUT2D eigenvalue weighted by Gasteiger charge is 2.42. The summed E-state index contributed by atoms with van der Waals surface area (Å²) >= 11 is 7.08. The van der Waals surface area contributed by atoms with Gasteiger partial charge in [-0.1, -0.05) is 100 Å². The average Bonchev–Trinajstić information content (AvgIpc) is 2.82. The number of allylic oxidation sites excluding steroid dienone is 4. The fourth-order valence-corrected chi connectivity index (χ4v) is 5.35. The first kappa shape index (κ1) is 23.1. The molecule has 5 rings (SSSR count). The van der Waals surface area contributed by atoms with Crippen molar-refractivity contribution in [2.45, 2.75) is 26.2 Å². The van der Waals surface area contributed by atoms with Gasteiger partial charge in [-0.2, -0.15) is 0 Å². The van der Waals surface area contributed by atoms with Crippen LogP contribution < -0.4 is 5.32 Å². The molecule has 3 aromatic carbocycles. The molecule has 1 aliphatic carbocycles. The normalized spacial score (nSPS) is 20.6. The maximum Gasteiger partial charge on any atom is 0.188 e. The summed E-state index contributed by atoms with van der Waals surface area (Å²) < 4.78 is 2.07. The number of dihydropyridines is 1. The zero-order chi connectivity index (χ0) is 23.9. The Balaban J connectivity index is 1.64. The van der Waals surface area contributed by atoms with Crippen LogP contribution in [-0.4, -0.2) is 5.78 Å². The van der Waals surface area contributed by atoms with Crippen LogP contribution in [0.4, 0.5) is 0 Å². The van der Waals surface area contributed by atoms with Gasteiger partial charge in [-0.3, -0.25) is 4.79 Å². The summed E-state index contributed by atoms with van der Waals surface area (Å²) in [5.74, 6) is 0.00685. The van der Waals surface area contributed by atoms with Crippen molar-refractivity contribution >= 4 is 49.4 Å². The Morgan fingerprint density at radius 1 is 0.882 bits per heavy atom. The van der Waals surface area contributed by atoms with Crippen molar-refractivity contribution in [2.75, 3.05) is 0 Å². The highest BCUT2D eigenvalue weighted by Crippen LogP contribution is 2.48. The molecule has 2 aliphatic rings. The molecule has 0 aromatic heterocycles. The van der Waals surface area contributed by atoms with Crippen LogP contribution in [0.1, 0.15) is 42.9 Å². The van der Waals surface area contributed by atoms with Crippen molar-refractivity contribution in [1.29, 1.82) is 0 Å². The van der Waals surface area contributed by atoms with Crippen molar-refractivity contribution in [1.82, 2.24) is 5.32 Å². The number of Topliss-reactive ketones (excluding diaryl/α,β-unsaturated/α-hetero) is 1. The van der Waals surface area contributed by atoms with Crippen molar-refractivity contribution in [3.05, 3.63) is 127 Å². The van der Waals surface area contributed by atoms with Crippen LogP contribution in [0.2, 0.25) is 0 Å². The predicted molar refractivity (Wildman–Crippen MR) is 147 cm³/mol. The smallest absolute Gasteiger partial charge is 0.188 e. The van der Waals surface area contributed by atoms with Crippen LogP contribution in [0.25, 0.3) is 11.8 Å². The van der Waals surface area contributed by atoms with Gasteiger partial charge >= 0.3 is 0 Å². The standard InChI is InChI=1S/C30H25Br2NO/c1-30(2)18-27-28(29(34)25(30)16-19-6-4-3-5-7-19)24(20-8-12-22(31)13-9-20)17-26(33-27)21-10-14-23(32)15-11-21/h3-17,24,33H,18H2,1-2H3/b25-16+. The molecule has 34 heavy (non-hydrogen) atoms. The summed E-state index contributed by atoms with van der Waals surface area (Å²) in [7, 11) is 0. The van der Waals surface area contributed by atoms with Crippen LogP contribution in [0.15, 0.2) is 111 Å². The van der Waals surface area contributed by atoms with Crippen LogP contribution >= 0.6 is 31.9 Å². The molecular weight excluding hydrogens is 550 g/mol. The third-order valence-electron chi connectivity index (χ3n) is 6.59. The first-order valence-electron chi connectivity index (χ1n) is 11.4. The second kappa shape index (κ2) is 9.16. The average molecular weight is 575 g/mol. The molecule has 0 radical (unpaired) electrons. The van der Waals surface area contributed by atoms with Crippen molar-refractivity contribution in [3.8, 4) is 0 Å². The second-order valence-electron chi connectivity index (χ2n) is 9.49. The molecule has 0 fully saturated rings. The summed E-state index contributed by atoms with van der Waals surface area (Å²) in [5.41, 5.74) is 6.76. The van der Waals surface area contributed by atoms with Crippen molar-refractivity contribution < 1.29 is 4.79 Å². The fourth-order valence-electron chi connectivity index (χ4n) is 4.82. The van der Waals surface area contributed by atoms with E-state index in [0.29, 0.717) is 0 Å². The van der Waals surface area contributed by atoms with Crippen LogP contribution in [0.3, 0.4) is 0 Å². The molecule has 0 saturated heterocycles. The topological polar surface area (TPSA) is 29.1 Å². The highest BCUT2D eigenvalue weighted by atomic mass is 79.9. The van der Waals surface area contributed by atoms with Gasteiger partial charge in [0, 0.05) is 37.4 Å². The Kier molecular flexibility index (Phi) is 6.22. The third kappa shape index (κ3) is 4.49. The lowest BCUT2D eigenvalue weighted by Crippen LogP contribution is -2.37. The Hall–Kier alpha value is -2.69. The zero-order valence-corrected chi connectivity index (χ0v) is 22.3. The van der Waals surface area contributed by atoms with Gasteiger partial charge < -0.3 is 5.32 Å². The zero-order valence-electron chi connectivity index (χ0n) is 19.1. The summed E-state index contributed by atoms with van der Waals surface area (Å²) in [6.07, 6.45) is 5.04. The maximum atomic E-state index is 14.1. The number of nitrogens with one attached hydrogen (secondary N) is 1. The minimum Gasteiger partial charge on any atom is -0.358 e. The Morgan fingerprint density at radius 2 is 1.50 bits per heavy atom. The number of ketones is 1. The Morgan fingerprint density at radius 3 is 2.15 bits per heavy atom. The number of hydrogen-bond donors (Lipinski definition) is 1. The summed E-state index contributed by atoms with van der Waals surface area (Å²) in [6.45, 7) is 4.33. The molecule has 1 heterocycles. The van der Waals surface area contributed by atoms with E-state index in [1.807, 2.05) is 42.5 Å². The lowest BCUT2D eigenvalue weighted by molar-refractivity contribution is -0.113. The van der Waals surface area contributed by atoms with E-state index in [0.717, 1.165) is 54.6 Å². The van der Waals surface area contributed by atoms with Gasteiger partial charge in [0.05, 0.1) is 0 Å². The molecule has 1 atom stereocenters. The molecule has 0 saturated carbocycles. The number of benzene rings is 3. The quantitative estimate of drug-likeness (QED) is 0.319. The number of rotatable bonds is 3. The molecule has 1 aliphatic heterocycles. The van der Waals surface area contributed by atoms with E-state index in [-0.39, 0.29) is 17.1 Å². The molecule has 2 nitrogen and oxygen atoms in total. The third-order valence-corrected chi connectivity index (χ3v) is 7.64. The largest absolute Gasteiger partial charge is 0.358 e. The summed E-state index contributed by atoms with van der Waals surface area (Å²) in [6, 6.07) is 26.7. The maximum absolute atomic E-state index is 14.1. The minimum absolute atomic E-state index is 0.120. The molecular formula is C30H25Br2NO. The van der Waals surface area contributed by atoms with Gasteiger partial charge in [0.2, 0.25) is 0 Å². The molecule has 1 unspecified atom stereocenters. The molecule has 3 aromatic rings. The minimum atomic E-state index is -0.287. The predicted octanol–water partition coefficient (Wildman–Crippen LogP) is 8.28. The van der Waals surface area contributed by atoms with Crippen LogP contribution in [-0.2, 0) is 4.79 Å². The fraction of sp³-hybridized carbons (Fsp3) is 0.167. The molecule has 4 heteroatoms. The van der Waals surface area contributed by atoms with E-state index >= 15 is 0 Å². The van der Waals surface area contributed by atoms with E-state index in [2.05, 4.69) is 99.6 Å². The SMILES string of the molecule is CC1(C)CC2=C(C(=O)/C1=C\c1ccccc1)C(c1ccc(Br)cc1)C=C(c1ccc(Br)cc1)N2. The lowest BCUT2D eigenvalue weighted by Gasteiger charge is -2.40. The monoisotopic (exact) mass is 573 g/mol. The summed E-state index contributed by atoms with van der Waals surface area (Å²) in [4.78, 5) is 14.1. The number of carbonyl (C=O) groups is 1. The lowest BCUT2D eigenvalue weighted by atomic mass is 9.67. The van der Waals surface area contributed by atoms with E-state index in [4.69, 9.17) is 0 Å². The molecule has 0 bridgehead atoms. The van der Waals surface area contributed by atoms with E-state index in [9.17, 15) is 4.79 Å². The van der Waals surface area contributed by atoms with Gasteiger partial charge in [0.1, 0.15) is 0 Å². The van der Waals surface area contributed by atoms with Gasteiger partial charge in [-0.15, -0.1) is 0 Å². The molecule has 0 amide bonds. The first-order valence-corrected chi connectivity index (χ1v) is 13.0. The molecule has 170 valence electrons. The van der Waals surface area contributed by atoms with E-state index < -0.39 is 0 Å². The van der Waals surface area contributed by atoms with Gasteiger partial charge in [0.25, 0.3) is 0 Å². The van der Waals surface area contributed by atoms with Gasteiger partial charge in [-0.05, 0) is 64.9 Å². The first-order chi connectivity index (χ1) is 16.3. The molecule has 0 spiro atoms. The Bertz CT molecular complexity index is 1330. The van der Waals surface area contributed by atoms with Crippen molar-refractivity contribution in [3.63, 3.8) is 0 Å². The second-order valence-corrected chi connectivity index (χ2v) is 11.3. The Labute approximate surface area is 217 Å². The van der Waals surface area contributed by atoms with Crippen LogP contribution in [0.5, 0.6) is 0 Å². The van der Waals surface area contributed by atoms with Gasteiger partial charge in [0.15, 0.2) is 5.78 Å². The summed E-state index contributed by atoms with van der Waals surface area (Å²) in [5, 5.41) is 3.64. The van der Waals surface area contributed by atoms with E-state index in [1.165, 1.54) is 0 Å². The van der Waals surface area contributed by atoms with E-state index in [1.54, 1.807) is 0 Å².